The van der Waals surface area contributed by atoms with Crippen LogP contribution in [-0.4, -0.2) is 11.0 Å². The molecule has 1 fully saturated rings. The minimum absolute atomic E-state index is 0.326. The third-order valence-corrected chi connectivity index (χ3v) is 4.78. The Kier molecular flexibility index (Phi) is 3.92. The van der Waals surface area contributed by atoms with Crippen molar-refractivity contribution < 1.29 is 4.42 Å². The van der Waals surface area contributed by atoms with Crippen molar-refractivity contribution in [3.8, 4) is 0 Å². The van der Waals surface area contributed by atoms with Gasteiger partial charge < -0.3 is 9.73 Å². The Morgan fingerprint density at radius 1 is 1.19 bits per heavy atom. The molecule has 0 radical (unpaired) electrons. The molecule has 1 aromatic heterocycles. The fraction of sp³-hybridized carbons (Fsp3) is 0.611. The van der Waals surface area contributed by atoms with Gasteiger partial charge in [0.05, 0.1) is 0 Å². The SMILES string of the molecule is CC(C)c1nc2cc(NC3C(C)CCCC3C)ccc2o1. The van der Waals surface area contributed by atoms with Crippen molar-refractivity contribution in [1.82, 2.24) is 4.98 Å². The molecule has 0 spiro atoms. The van der Waals surface area contributed by atoms with E-state index in [1.165, 1.54) is 19.3 Å². The minimum atomic E-state index is 0.326. The molecule has 0 saturated heterocycles. The Labute approximate surface area is 127 Å². The summed E-state index contributed by atoms with van der Waals surface area (Å²) in [6, 6.07) is 6.84. The van der Waals surface area contributed by atoms with E-state index in [9.17, 15) is 0 Å². The summed E-state index contributed by atoms with van der Waals surface area (Å²) in [5, 5.41) is 3.73. The Bertz CT molecular complexity index is 607. The number of benzene rings is 1. The van der Waals surface area contributed by atoms with Crippen LogP contribution in [0.1, 0.15) is 58.8 Å². The Morgan fingerprint density at radius 2 is 1.90 bits per heavy atom. The van der Waals surface area contributed by atoms with E-state index in [0.717, 1.165) is 34.5 Å². The van der Waals surface area contributed by atoms with E-state index in [0.29, 0.717) is 12.0 Å². The Morgan fingerprint density at radius 3 is 2.57 bits per heavy atom. The van der Waals surface area contributed by atoms with E-state index in [-0.39, 0.29) is 0 Å². The molecule has 1 N–H and O–H groups in total. The molecule has 3 nitrogen and oxygen atoms in total. The van der Waals surface area contributed by atoms with Gasteiger partial charge >= 0.3 is 0 Å². The first-order valence-electron chi connectivity index (χ1n) is 8.21. The van der Waals surface area contributed by atoms with Crippen molar-refractivity contribution in [3.63, 3.8) is 0 Å². The fourth-order valence-electron chi connectivity index (χ4n) is 3.44. The first-order valence-corrected chi connectivity index (χ1v) is 8.21. The normalized spacial score (nSPS) is 26.4. The number of fused-ring (bicyclic) bond motifs is 1. The highest BCUT2D eigenvalue weighted by atomic mass is 16.3. The molecule has 1 aromatic carbocycles. The van der Waals surface area contributed by atoms with Crippen molar-refractivity contribution in [1.29, 1.82) is 0 Å². The highest BCUT2D eigenvalue weighted by Crippen LogP contribution is 2.32. The lowest BCUT2D eigenvalue weighted by atomic mass is 9.78. The van der Waals surface area contributed by atoms with Crippen LogP contribution in [0.25, 0.3) is 11.1 Å². The van der Waals surface area contributed by atoms with Gasteiger partial charge in [-0.3, -0.25) is 0 Å². The van der Waals surface area contributed by atoms with Gasteiger partial charge in [-0.25, -0.2) is 4.98 Å². The van der Waals surface area contributed by atoms with Crippen LogP contribution in [-0.2, 0) is 0 Å². The van der Waals surface area contributed by atoms with Crippen molar-refractivity contribution in [2.75, 3.05) is 5.32 Å². The third kappa shape index (κ3) is 2.92. The van der Waals surface area contributed by atoms with Crippen molar-refractivity contribution >= 4 is 16.8 Å². The molecule has 0 aliphatic heterocycles. The average Bonchev–Trinajstić information content (AvgIpc) is 2.86. The number of nitrogens with zero attached hydrogens (tertiary/aromatic N) is 1. The average molecular weight is 286 g/mol. The predicted octanol–water partition coefficient (Wildman–Crippen LogP) is 5.19. The van der Waals surface area contributed by atoms with Crippen LogP contribution >= 0.6 is 0 Å². The maximum Gasteiger partial charge on any atom is 0.198 e. The van der Waals surface area contributed by atoms with Crippen LogP contribution in [0.2, 0.25) is 0 Å². The number of anilines is 1. The number of hydrogen-bond acceptors (Lipinski definition) is 3. The van der Waals surface area contributed by atoms with Crippen LogP contribution in [0.5, 0.6) is 0 Å². The lowest BCUT2D eigenvalue weighted by Crippen LogP contribution is -2.37. The molecule has 2 aromatic rings. The molecule has 3 rings (SSSR count). The lowest BCUT2D eigenvalue weighted by Gasteiger charge is -2.35. The largest absolute Gasteiger partial charge is 0.440 e. The monoisotopic (exact) mass is 286 g/mol. The van der Waals surface area contributed by atoms with Gasteiger partial charge in [-0.1, -0.05) is 34.1 Å². The van der Waals surface area contributed by atoms with Gasteiger partial charge in [-0.2, -0.15) is 0 Å². The summed E-state index contributed by atoms with van der Waals surface area (Å²) in [6.07, 6.45) is 4.01. The molecule has 21 heavy (non-hydrogen) atoms. The van der Waals surface area contributed by atoms with Crippen LogP contribution in [0.15, 0.2) is 22.6 Å². The smallest absolute Gasteiger partial charge is 0.198 e. The maximum atomic E-state index is 5.78. The van der Waals surface area contributed by atoms with Crippen molar-refractivity contribution in [2.45, 2.75) is 58.9 Å². The topological polar surface area (TPSA) is 38.1 Å². The zero-order chi connectivity index (χ0) is 15.0. The standard InChI is InChI=1S/C18H26N2O/c1-11(2)18-20-15-10-14(8-9-16(15)21-18)19-17-12(3)6-5-7-13(17)4/h8-13,17,19H,5-7H2,1-4H3. The van der Waals surface area contributed by atoms with E-state index in [4.69, 9.17) is 4.42 Å². The molecule has 3 heteroatoms. The van der Waals surface area contributed by atoms with Crippen LogP contribution < -0.4 is 5.32 Å². The zero-order valence-corrected chi connectivity index (χ0v) is 13.5. The van der Waals surface area contributed by atoms with Crippen molar-refractivity contribution in [3.05, 3.63) is 24.1 Å². The van der Waals surface area contributed by atoms with E-state index in [1.54, 1.807) is 0 Å². The van der Waals surface area contributed by atoms with Crippen molar-refractivity contribution in [2.24, 2.45) is 11.8 Å². The summed E-state index contributed by atoms with van der Waals surface area (Å²) >= 11 is 0. The molecule has 1 saturated carbocycles. The molecular formula is C18H26N2O. The molecule has 0 amide bonds. The van der Waals surface area contributed by atoms with Gasteiger partial charge in [0, 0.05) is 17.6 Å². The summed E-state index contributed by atoms with van der Waals surface area (Å²) in [5.74, 6) is 2.61. The zero-order valence-electron chi connectivity index (χ0n) is 13.5. The molecule has 2 atom stereocenters. The van der Waals surface area contributed by atoms with E-state index >= 15 is 0 Å². The molecule has 1 aliphatic carbocycles. The van der Waals surface area contributed by atoms with Gasteiger partial charge in [0.1, 0.15) is 5.52 Å². The second-order valence-corrected chi connectivity index (χ2v) is 6.94. The molecule has 1 heterocycles. The van der Waals surface area contributed by atoms with Crippen LogP contribution in [0, 0.1) is 11.8 Å². The minimum Gasteiger partial charge on any atom is -0.440 e. The van der Waals surface area contributed by atoms with Crippen LogP contribution in [0.3, 0.4) is 0 Å². The highest BCUT2D eigenvalue weighted by Gasteiger charge is 2.27. The van der Waals surface area contributed by atoms with E-state index < -0.39 is 0 Å². The second-order valence-electron chi connectivity index (χ2n) is 6.94. The fourth-order valence-corrected chi connectivity index (χ4v) is 3.44. The van der Waals surface area contributed by atoms with Gasteiger partial charge in [0.25, 0.3) is 0 Å². The van der Waals surface area contributed by atoms with E-state index in [2.05, 4.69) is 50.1 Å². The van der Waals surface area contributed by atoms with Gasteiger partial charge in [-0.05, 0) is 42.9 Å². The number of rotatable bonds is 3. The van der Waals surface area contributed by atoms with Gasteiger partial charge in [0.2, 0.25) is 0 Å². The molecule has 2 unspecified atom stereocenters. The van der Waals surface area contributed by atoms with E-state index in [1.807, 2.05) is 6.07 Å². The Balaban J connectivity index is 1.83. The number of oxazole rings is 1. The third-order valence-electron chi connectivity index (χ3n) is 4.78. The highest BCUT2D eigenvalue weighted by molar-refractivity contribution is 5.77. The quantitative estimate of drug-likeness (QED) is 0.844. The summed E-state index contributed by atoms with van der Waals surface area (Å²) < 4.78 is 5.78. The molecule has 0 bridgehead atoms. The summed E-state index contributed by atoms with van der Waals surface area (Å²) in [6.45, 7) is 8.93. The Hall–Kier alpha value is -1.51. The summed E-state index contributed by atoms with van der Waals surface area (Å²) in [4.78, 5) is 4.60. The molecule has 1 aliphatic rings. The lowest BCUT2D eigenvalue weighted by molar-refractivity contribution is 0.268. The molecule has 114 valence electrons. The predicted molar refractivity (Wildman–Crippen MR) is 87.7 cm³/mol. The van der Waals surface area contributed by atoms with Gasteiger partial charge in [0.15, 0.2) is 11.5 Å². The number of nitrogens with one attached hydrogen (secondary N) is 1. The summed E-state index contributed by atoms with van der Waals surface area (Å²) in [5.41, 5.74) is 3.01. The molecular weight excluding hydrogens is 260 g/mol. The van der Waals surface area contributed by atoms with Crippen LogP contribution in [0.4, 0.5) is 5.69 Å². The second kappa shape index (κ2) is 5.70. The first kappa shape index (κ1) is 14.4. The number of hydrogen-bond donors (Lipinski definition) is 1. The first-order chi connectivity index (χ1) is 10.0. The number of aromatic nitrogens is 1. The van der Waals surface area contributed by atoms with Gasteiger partial charge in [-0.15, -0.1) is 0 Å². The maximum absolute atomic E-state index is 5.78. The summed E-state index contributed by atoms with van der Waals surface area (Å²) in [7, 11) is 0.